The summed E-state index contributed by atoms with van der Waals surface area (Å²) < 4.78 is 6.69. The molecule has 0 saturated heterocycles. The summed E-state index contributed by atoms with van der Waals surface area (Å²) in [6, 6.07) is 5.93. The zero-order valence-corrected chi connectivity index (χ0v) is 12.9. The molecule has 3 nitrogen and oxygen atoms in total. The molecule has 18 heavy (non-hydrogen) atoms. The number of fused-ring (bicyclic) bond motifs is 1. The van der Waals surface area contributed by atoms with Crippen LogP contribution < -0.4 is 4.74 Å². The van der Waals surface area contributed by atoms with Crippen molar-refractivity contribution < 1.29 is 9.53 Å². The van der Waals surface area contributed by atoms with E-state index in [1.54, 1.807) is 11.8 Å². The van der Waals surface area contributed by atoms with Crippen molar-refractivity contribution in [1.29, 1.82) is 0 Å². The van der Waals surface area contributed by atoms with Crippen molar-refractivity contribution in [3.8, 4) is 5.75 Å². The third-order valence-corrected chi connectivity index (χ3v) is 4.42. The van der Waals surface area contributed by atoms with Crippen LogP contribution in [0.5, 0.6) is 5.75 Å². The molecule has 1 aromatic carbocycles. The zero-order chi connectivity index (χ0) is 13.1. The number of rotatable bonds is 2. The number of carbonyl (C=O) groups is 1. The summed E-state index contributed by atoms with van der Waals surface area (Å²) in [5, 5.41) is -0.00120. The third-order valence-electron chi connectivity index (χ3n) is 3.02. The van der Waals surface area contributed by atoms with Gasteiger partial charge in [-0.05, 0) is 31.4 Å². The Bertz CT molecular complexity index is 453. The molecule has 0 N–H and O–H groups in total. The SMILES string of the molecule is CS[C@@H](C)C(=O)N1CCOc2ccc(Br)cc2C1. The van der Waals surface area contributed by atoms with Gasteiger partial charge in [0.2, 0.25) is 5.91 Å². The minimum atomic E-state index is -0.00120. The molecule has 0 saturated carbocycles. The van der Waals surface area contributed by atoms with Gasteiger partial charge in [-0.2, -0.15) is 11.8 Å². The lowest BCUT2D eigenvalue weighted by Crippen LogP contribution is -2.37. The normalized spacial score (nSPS) is 16.5. The molecular formula is C13H16BrNO2S. The van der Waals surface area contributed by atoms with Gasteiger partial charge in [-0.25, -0.2) is 0 Å². The number of thioether (sulfide) groups is 1. The van der Waals surface area contributed by atoms with Gasteiger partial charge in [-0.1, -0.05) is 15.9 Å². The second-order valence-corrected chi connectivity index (χ2v) is 6.33. The number of ether oxygens (including phenoxy) is 1. The lowest BCUT2D eigenvalue weighted by molar-refractivity contribution is -0.131. The van der Waals surface area contributed by atoms with Crippen LogP contribution in [0.3, 0.4) is 0 Å². The summed E-state index contributed by atoms with van der Waals surface area (Å²) in [7, 11) is 0. The number of benzene rings is 1. The fourth-order valence-electron chi connectivity index (χ4n) is 1.91. The molecule has 1 aliphatic rings. The summed E-state index contributed by atoms with van der Waals surface area (Å²) in [6.07, 6.45) is 1.96. The number of carbonyl (C=O) groups excluding carboxylic acids is 1. The Morgan fingerprint density at radius 2 is 2.33 bits per heavy atom. The number of halogens is 1. The maximum absolute atomic E-state index is 12.2. The molecule has 0 bridgehead atoms. The molecule has 2 rings (SSSR count). The van der Waals surface area contributed by atoms with Crippen LogP contribution in [0.4, 0.5) is 0 Å². The van der Waals surface area contributed by atoms with Gasteiger partial charge in [0.15, 0.2) is 0 Å². The fraction of sp³-hybridized carbons (Fsp3) is 0.462. The number of hydrogen-bond acceptors (Lipinski definition) is 3. The summed E-state index contributed by atoms with van der Waals surface area (Å²) in [6.45, 7) is 3.77. The molecule has 1 heterocycles. The first-order valence-electron chi connectivity index (χ1n) is 5.84. The molecule has 1 atom stereocenters. The average Bonchev–Trinajstić information content (AvgIpc) is 2.58. The van der Waals surface area contributed by atoms with Crippen molar-refractivity contribution in [1.82, 2.24) is 4.90 Å². The first kappa shape index (κ1) is 13.7. The van der Waals surface area contributed by atoms with Crippen LogP contribution in [-0.2, 0) is 11.3 Å². The van der Waals surface area contributed by atoms with E-state index in [0.29, 0.717) is 19.7 Å². The highest BCUT2D eigenvalue weighted by Gasteiger charge is 2.23. The quantitative estimate of drug-likeness (QED) is 0.835. The van der Waals surface area contributed by atoms with Gasteiger partial charge in [0.1, 0.15) is 12.4 Å². The number of hydrogen-bond donors (Lipinski definition) is 0. The van der Waals surface area contributed by atoms with E-state index in [4.69, 9.17) is 4.74 Å². The van der Waals surface area contributed by atoms with E-state index >= 15 is 0 Å². The second kappa shape index (κ2) is 5.97. The molecule has 0 fully saturated rings. The topological polar surface area (TPSA) is 29.5 Å². The van der Waals surface area contributed by atoms with Gasteiger partial charge >= 0.3 is 0 Å². The first-order chi connectivity index (χ1) is 8.61. The van der Waals surface area contributed by atoms with Crippen LogP contribution >= 0.6 is 27.7 Å². The molecular weight excluding hydrogens is 314 g/mol. The molecule has 5 heteroatoms. The van der Waals surface area contributed by atoms with E-state index in [9.17, 15) is 4.79 Å². The van der Waals surface area contributed by atoms with Crippen LogP contribution in [0.1, 0.15) is 12.5 Å². The monoisotopic (exact) mass is 329 g/mol. The predicted molar refractivity (Wildman–Crippen MR) is 78.0 cm³/mol. The summed E-state index contributed by atoms with van der Waals surface area (Å²) >= 11 is 5.03. The predicted octanol–water partition coefficient (Wildman–Crippen LogP) is 2.92. The summed E-state index contributed by atoms with van der Waals surface area (Å²) in [4.78, 5) is 14.1. The van der Waals surface area contributed by atoms with E-state index in [2.05, 4.69) is 15.9 Å². The van der Waals surface area contributed by atoms with Gasteiger partial charge in [0.05, 0.1) is 11.8 Å². The molecule has 0 aromatic heterocycles. The highest BCUT2D eigenvalue weighted by atomic mass is 79.9. The molecule has 0 aliphatic carbocycles. The molecule has 1 amide bonds. The standard InChI is InChI=1S/C13H16BrNO2S/c1-9(18-2)13(16)15-5-6-17-12-4-3-11(14)7-10(12)8-15/h3-4,7,9H,5-6,8H2,1-2H3/t9-/m0/s1. The van der Waals surface area contributed by atoms with E-state index in [0.717, 1.165) is 15.8 Å². The molecule has 0 spiro atoms. The van der Waals surface area contributed by atoms with Crippen LogP contribution in [0.2, 0.25) is 0 Å². The molecule has 98 valence electrons. The van der Waals surface area contributed by atoms with E-state index in [1.807, 2.05) is 36.3 Å². The van der Waals surface area contributed by atoms with Gasteiger partial charge in [0, 0.05) is 16.6 Å². The van der Waals surface area contributed by atoms with Crippen molar-refractivity contribution in [3.05, 3.63) is 28.2 Å². The first-order valence-corrected chi connectivity index (χ1v) is 7.92. The van der Waals surface area contributed by atoms with E-state index in [-0.39, 0.29) is 11.2 Å². The van der Waals surface area contributed by atoms with Crippen molar-refractivity contribution >= 4 is 33.6 Å². The van der Waals surface area contributed by atoms with Crippen molar-refractivity contribution in [3.63, 3.8) is 0 Å². The summed E-state index contributed by atoms with van der Waals surface area (Å²) in [5.41, 5.74) is 1.06. The maximum Gasteiger partial charge on any atom is 0.235 e. The van der Waals surface area contributed by atoms with E-state index < -0.39 is 0 Å². The minimum absolute atomic E-state index is 0.00120. The number of amides is 1. The van der Waals surface area contributed by atoms with Gasteiger partial charge < -0.3 is 9.64 Å². The molecule has 0 radical (unpaired) electrons. The maximum atomic E-state index is 12.2. The lowest BCUT2D eigenvalue weighted by Gasteiger charge is -2.22. The largest absolute Gasteiger partial charge is 0.491 e. The Balaban J connectivity index is 2.20. The Labute approximate surface area is 120 Å². The van der Waals surface area contributed by atoms with Crippen molar-refractivity contribution in [2.45, 2.75) is 18.7 Å². The molecule has 1 aliphatic heterocycles. The fourth-order valence-corrected chi connectivity index (χ4v) is 2.67. The number of nitrogens with zero attached hydrogens (tertiary/aromatic N) is 1. The van der Waals surface area contributed by atoms with Gasteiger partial charge in [-0.3, -0.25) is 4.79 Å². The lowest BCUT2D eigenvalue weighted by atomic mass is 10.2. The average molecular weight is 330 g/mol. The summed E-state index contributed by atoms with van der Waals surface area (Å²) in [5.74, 6) is 1.06. The highest BCUT2D eigenvalue weighted by Crippen LogP contribution is 2.27. The van der Waals surface area contributed by atoms with Crippen LogP contribution in [0, 0.1) is 0 Å². The van der Waals surface area contributed by atoms with Crippen LogP contribution in [0.15, 0.2) is 22.7 Å². The second-order valence-electron chi connectivity index (χ2n) is 4.24. The van der Waals surface area contributed by atoms with Gasteiger partial charge in [-0.15, -0.1) is 0 Å². The Hall–Kier alpha value is -0.680. The Morgan fingerprint density at radius 3 is 3.06 bits per heavy atom. The van der Waals surface area contributed by atoms with Crippen molar-refractivity contribution in [2.75, 3.05) is 19.4 Å². The van der Waals surface area contributed by atoms with Crippen molar-refractivity contribution in [2.24, 2.45) is 0 Å². The van der Waals surface area contributed by atoms with Crippen LogP contribution in [0.25, 0.3) is 0 Å². The Morgan fingerprint density at radius 1 is 1.56 bits per heavy atom. The Kier molecular flexibility index (Phi) is 4.56. The minimum Gasteiger partial charge on any atom is -0.491 e. The highest BCUT2D eigenvalue weighted by molar-refractivity contribution is 9.10. The molecule has 0 unspecified atom stereocenters. The zero-order valence-electron chi connectivity index (χ0n) is 10.5. The van der Waals surface area contributed by atoms with E-state index in [1.165, 1.54) is 0 Å². The third kappa shape index (κ3) is 3.01. The smallest absolute Gasteiger partial charge is 0.235 e. The molecule has 1 aromatic rings. The van der Waals surface area contributed by atoms with Crippen LogP contribution in [-0.4, -0.2) is 35.5 Å². The van der Waals surface area contributed by atoms with Gasteiger partial charge in [0.25, 0.3) is 0 Å².